The van der Waals surface area contributed by atoms with E-state index in [9.17, 15) is 9.18 Å². The van der Waals surface area contributed by atoms with Crippen LogP contribution in [0.1, 0.15) is 35.4 Å². The largest absolute Gasteiger partial charge is 0.352 e. The number of anilines is 2. The van der Waals surface area contributed by atoms with Gasteiger partial charge in [0, 0.05) is 31.0 Å². The van der Waals surface area contributed by atoms with Crippen molar-refractivity contribution in [2.24, 2.45) is 5.92 Å². The zero-order valence-corrected chi connectivity index (χ0v) is 14.9. The van der Waals surface area contributed by atoms with Crippen LogP contribution in [0.2, 0.25) is 0 Å². The van der Waals surface area contributed by atoms with Gasteiger partial charge >= 0.3 is 0 Å². The van der Waals surface area contributed by atoms with Crippen molar-refractivity contribution < 1.29 is 9.18 Å². The Morgan fingerprint density at radius 2 is 2.15 bits per heavy atom. The quantitative estimate of drug-likeness (QED) is 0.771. The molecule has 7 nitrogen and oxygen atoms in total. The summed E-state index contributed by atoms with van der Waals surface area (Å²) in [5.41, 5.74) is 1.47. The summed E-state index contributed by atoms with van der Waals surface area (Å²) in [6, 6.07) is 1.83. The van der Waals surface area contributed by atoms with Crippen LogP contribution in [0.4, 0.5) is 15.9 Å². The van der Waals surface area contributed by atoms with Crippen molar-refractivity contribution in [3.05, 3.63) is 48.1 Å². The van der Waals surface area contributed by atoms with Gasteiger partial charge in [-0.3, -0.25) is 4.79 Å². The molecule has 1 aliphatic carbocycles. The molecule has 0 radical (unpaired) electrons. The number of aryl methyl sites for hydroxylation is 1. The molecule has 1 N–H and O–H groups in total. The highest BCUT2D eigenvalue weighted by Crippen LogP contribution is 2.40. The van der Waals surface area contributed by atoms with E-state index in [1.54, 1.807) is 29.9 Å². The number of halogens is 1. The van der Waals surface area contributed by atoms with Gasteiger partial charge in [0.1, 0.15) is 11.5 Å². The van der Waals surface area contributed by atoms with Crippen LogP contribution in [0, 0.1) is 18.7 Å². The third-order valence-electron chi connectivity index (χ3n) is 5.50. The lowest BCUT2D eigenvalue weighted by atomic mass is 9.92. The normalized spacial score (nSPS) is 21.2. The Hall–Kier alpha value is -3.03. The molecule has 0 bridgehead atoms. The minimum absolute atomic E-state index is 0.199. The second-order valence-corrected chi connectivity index (χ2v) is 7.31. The summed E-state index contributed by atoms with van der Waals surface area (Å²) >= 11 is 0. The number of rotatable bonds is 3. The molecule has 8 heteroatoms. The maximum Gasteiger partial charge on any atom is 0.275 e. The maximum absolute atomic E-state index is 14.1. The van der Waals surface area contributed by atoms with E-state index >= 15 is 0 Å². The number of fused-ring (bicyclic) bond motifs is 2. The third kappa shape index (κ3) is 2.72. The molecule has 4 heterocycles. The van der Waals surface area contributed by atoms with Gasteiger partial charge in [0.2, 0.25) is 0 Å². The van der Waals surface area contributed by atoms with Gasteiger partial charge in [-0.25, -0.2) is 19.3 Å². The van der Waals surface area contributed by atoms with E-state index in [0.717, 1.165) is 18.3 Å². The molecule has 3 aromatic rings. The lowest BCUT2D eigenvalue weighted by molar-refractivity contribution is 0.102. The first kappa shape index (κ1) is 16.2. The first-order valence-corrected chi connectivity index (χ1v) is 9.13. The molecular formula is C19H19FN6O. The van der Waals surface area contributed by atoms with Crippen molar-refractivity contribution in [1.82, 2.24) is 19.4 Å². The highest BCUT2D eigenvalue weighted by atomic mass is 19.1. The fourth-order valence-electron chi connectivity index (χ4n) is 4.18. The van der Waals surface area contributed by atoms with Crippen LogP contribution in [0.15, 0.2) is 30.9 Å². The fourth-order valence-corrected chi connectivity index (χ4v) is 4.18. The van der Waals surface area contributed by atoms with Crippen LogP contribution >= 0.6 is 0 Å². The molecule has 138 valence electrons. The van der Waals surface area contributed by atoms with Crippen molar-refractivity contribution in [3.63, 3.8) is 0 Å². The predicted octanol–water partition coefficient (Wildman–Crippen LogP) is 2.81. The lowest BCUT2D eigenvalue weighted by Gasteiger charge is -2.45. The zero-order valence-electron chi connectivity index (χ0n) is 14.9. The van der Waals surface area contributed by atoms with E-state index in [0.29, 0.717) is 17.4 Å². The van der Waals surface area contributed by atoms with Gasteiger partial charge < -0.3 is 14.6 Å². The van der Waals surface area contributed by atoms with Crippen molar-refractivity contribution in [3.8, 4) is 0 Å². The fraction of sp³-hybridized carbons (Fsp3) is 0.368. The van der Waals surface area contributed by atoms with E-state index in [2.05, 4.69) is 25.2 Å². The van der Waals surface area contributed by atoms with Crippen LogP contribution in [-0.4, -0.2) is 37.8 Å². The zero-order chi connectivity index (χ0) is 18.5. The Kier molecular flexibility index (Phi) is 3.60. The van der Waals surface area contributed by atoms with Crippen molar-refractivity contribution in [2.75, 3.05) is 16.8 Å². The van der Waals surface area contributed by atoms with Crippen LogP contribution in [0.25, 0.3) is 5.65 Å². The number of hydrogen-bond donors (Lipinski definition) is 1. The van der Waals surface area contributed by atoms with E-state index in [1.165, 1.54) is 31.5 Å². The summed E-state index contributed by atoms with van der Waals surface area (Å²) in [4.78, 5) is 27.5. The third-order valence-corrected chi connectivity index (χ3v) is 5.50. The van der Waals surface area contributed by atoms with Gasteiger partial charge in [-0.05, 0) is 25.7 Å². The molecule has 0 aromatic carbocycles. The molecule has 2 fully saturated rings. The molecule has 1 amide bonds. The number of hydrogen-bond acceptors (Lipinski definition) is 5. The molecule has 27 heavy (non-hydrogen) atoms. The maximum atomic E-state index is 14.1. The number of nitrogens with zero attached hydrogens (tertiary/aromatic N) is 5. The van der Waals surface area contributed by atoms with E-state index < -0.39 is 11.7 Å². The van der Waals surface area contributed by atoms with E-state index in [-0.39, 0.29) is 11.3 Å². The number of amides is 1. The Labute approximate surface area is 155 Å². The summed E-state index contributed by atoms with van der Waals surface area (Å²) in [6.45, 7) is 2.81. The van der Waals surface area contributed by atoms with Gasteiger partial charge in [0.25, 0.3) is 5.91 Å². The first-order valence-electron chi connectivity index (χ1n) is 9.13. The number of nitrogens with one attached hydrogen (secondary N) is 1. The monoisotopic (exact) mass is 366 g/mol. The Balaban J connectivity index is 1.32. The molecular weight excluding hydrogens is 347 g/mol. The second kappa shape index (κ2) is 6.00. The highest BCUT2D eigenvalue weighted by Gasteiger charge is 2.42. The summed E-state index contributed by atoms with van der Waals surface area (Å²) in [7, 11) is 0. The van der Waals surface area contributed by atoms with Gasteiger partial charge in [0.15, 0.2) is 11.5 Å². The van der Waals surface area contributed by atoms with Crippen LogP contribution < -0.4 is 10.2 Å². The molecule has 0 spiro atoms. The van der Waals surface area contributed by atoms with E-state index in [1.807, 2.05) is 0 Å². The highest BCUT2D eigenvalue weighted by molar-refractivity contribution is 6.02. The molecule has 3 aromatic heterocycles. The second-order valence-electron chi connectivity index (χ2n) is 7.31. The van der Waals surface area contributed by atoms with E-state index in [4.69, 9.17) is 0 Å². The van der Waals surface area contributed by atoms with Crippen molar-refractivity contribution in [1.29, 1.82) is 0 Å². The summed E-state index contributed by atoms with van der Waals surface area (Å²) in [6.07, 6.45) is 10.2. The van der Waals surface area contributed by atoms with Gasteiger partial charge in [-0.1, -0.05) is 6.42 Å². The molecule has 1 saturated heterocycles. The van der Waals surface area contributed by atoms with Crippen LogP contribution in [-0.2, 0) is 0 Å². The SMILES string of the molecule is Cc1cn2cc(NC(=O)c3cnc(N4CC5CCCC54)cn3)cc(F)c2n1. The first-order chi connectivity index (χ1) is 13.1. The lowest BCUT2D eigenvalue weighted by Crippen LogP contribution is -2.53. The number of imidazole rings is 1. The summed E-state index contributed by atoms with van der Waals surface area (Å²) < 4.78 is 15.7. The van der Waals surface area contributed by atoms with Crippen molar-refractivity contribution in [2.45, 2.75) is 32.2 Å². The topological polar surface area (TPSA) is 75.4 Å². The number of carbonyl (C=O) groups excluding carboxylic acids is 1. The van der Waals surface area contributed by atoms with Gasteiger partial charge in [0.05, 0.1) is 23.8 Å². The molecule has 2 unspecified atom stereocenters. The predicted molar refractivity (Wildman–Crippen MR) is 98.3 cm³/mol. The molecule has 5 rings (SSSR count). The Bertz CT molecular complexity index is 1030. The molecule has 2 atom stereocenters. The Morgan fingerprint density at radius 3 is 2.93 bits per heavy atom. The summed E-state index contributed by atoms with van der Waals surface area (Å²) in [5, 5.41) is 2.67. The number of pyridine rings is 1. The van der Waals surface area contributed by atoms with Gasteiger partial charge in [-0.2, -0.15) is 0 Å². The average molecular weight is 366 g/mol. The molecule has 1 aliphatic heterocycles. The molecule has 2 aliphatic rings. The number of aromatic nitrogens is 4. The molecule has 1 saturated carbocycles. The van der Waals surface area contributed by atoms with Gasteiger partial charge in [-0.15, -0.1) is 0 Å². The van der Waals surface area contributed by atoms with Crippen LogP contribution in [0.5, 0.6) is 0 Å². The number of carbonyl (C=O) groups is 1. The average Bonchev–Trinajstić information content (AvgIpc) is 3.18. The minimum Gasteiger partial charge on any atom is -0.352 e. The summed E-state index contributed by atoms with van der Waals surface area (Å²) in [5.74, 6) is 0.681. The van der Waals surface area contributed by atoms with Crippen LogP contribution in [0.3, 0.4) is 0 Å². The smallest absolute Gasteiger partial charge is 0.275 e. The Morgan fingerprint density at radius 1 is 1.26 bits per heavy atom. The minimum atomic E-state index is -0.494. The van der Waals surface area contributed by atoms with Crippen molar-refractivity contribution >= 4 is 23.1 Å². The standard InChI is InChI=1S/C19H19FN6O/c1-11-8-25-10-13(5-14(20)18(25)23-11)24-19(27)15-6-22-17(7-21-15)26-9-12-3-2-4-16(12)26/h5-8,10,12,16H,2-4,9H2,1H3,(H,24,27).